The minimum atomic E-state index is -5.11. The van der Waals surface area contributed by atoms with Crippen LogP contribution in [-0.2, 0) is 28.9 Å². The Balaban J connectivity index is 2.44. The second-order valence-electron chi connectivity index (χ2n) is 19.7. The molecule has 0 aromatic heterocycles. The van der Waals surface area contributed by atoms with Gasteiger partial charge in [-0.15, -0.1) is 0 Å². The third-order valence-corrected chi connectivity index (χ3v) is 14.0. The second-order valence-corrected chi connectivity index (χ2v) is 20.7. The zero-order valence-corrected chi connectivity index (χ0v) is 43.0. The lowest BCUT2D eigenvalue weighted by Gasteiger charge is -2.41. The molecule has 0 saturated carbocycles. The highest BCUT2D eigenvalue weighted by molar-refractivity contribution is 7.80. The maximum absolute atomic E-state index is 13.2. The number of aliphatic hydroxyl groups excluding tert-OH is 5. The number of hydrogen-bond donors (Lipinski definition) is 7. The number of nitrogens with one attached hydrogen (secondary N) is 1. The van der Waals surface area contributed by atoms with E-state index in [9.17, 15) is 43.3 Å². The van der Waals surface area contributed by atoms with Gasteiger partial charge in [0.25, 0.3) is 0 Å². The van der Waals surface area contributed by atoms with E-state index >= 15 is 0 Å². The summed E-state index contributed by atoms with van der Waals surface area (Å²) >= 11 is 0. The number of carbonyl (C=O) groups is 1. The van der Waals surface area contributed by atoms with E-state index in [1.165, 1.54) is 186 Å². The third-order valence-electron chi connectivity index (χ3n) is 13.5. The maximum Gasteiger partial charge on any atom is 0.397 e. The molecule has 7 N–H and O–H groups in total. The van der Waals surface area contributed by atoms with Gasteiger partial charge in [0.15, 0.2) is 6.29 Å². The van der Waals surface area contributed by atoms with E-state index in [1.807, 2.05) is 0 Å². The van der Waals surface area contributed by atoms with Crippen molar-refractivity contribution < 1.29 is 57.0 Å². The van der Waals surface area contributed by atoms with Gasteiger partial charge in [0, 0.05) is 0 Å². The van der Waals surface area contributed by atoms with Gasteiger partial charge in [-0.1, -0.05) is 251 Å². The minimum Gasteiger partial charge on any atom is -0.394 e. The first-order chi connectivity index (χ1) is 31.9. The van der Waals surface area contributed by atoms with E-state index in [1.54, 1.807) is 0 Å². The topological polar surface area (TPSA) is 212 Å². The molecule has 8 unspecified atom stereocenters. The lowest BCUT2D eigenvalue weighted by molar-refractivity contribution is -0.298. The van der Waals surface area contributed by atoms with Gasteiger partial charge in [-0.3, -0.25) is 9.35 Å². The molecule has 0 aromatic carbocycles. The van der Waals surface area contributed by atoms with Crippen molar-refractivity contribution >= 4 is 16.3 Å². The van der Waals surface area contributed by atoms with E-state index in [0.29, 0.717) is 19.3 Å². The molecule has 0 radical (unpaired) electrons. The van der Waals surface area contributed by atoms with Gasteiger partial charge in [-0.25, -0.2) is 4.18 Å². The molecule has 1 aliphatic rings. The Morgan fingerprint density at radius 3 is 1.21 bits per heavy atom. The lowest BCUT2D eigenvalue weighted by Crippen LogP contribution is -2.61. The summed E-state index contributed by atoms with van der Waals surface area (Å²) in [6.07, 6.45) is 35.6. The van der Waals surface area contributed by atoms with Crippen LogP contribution in [0.25, 0.3) is 0 Å². The maximum atomic E-state index is 13.2. The Hall–Kier alpha value is -0.940. The Morgan fingerprint density at radius 1 is 0.545 bits per heavy atom. The number of ether oxygens (including phenoxy) is 2. The molecule has 0 aromatic rings. The summed E-state index contributed by atoms with van der Waals surface area (Å²) in [5.74, 6) is -0.663. The SMILES string of the molecule is CCCCCCCCCCCCCCCCCCCCCC(O)C(=O)NC(COC1OC(CO)C(O)C(OS(=O)(=O)O)C1O)C(O)CCCCCCCCCCCCCCCCCCCC. The van der Waals surface area contributed by atoms with E-state index in [-0.39, 0.29) is 6.42 Å². The Bertz CT molecular complexity index is 1200. The fraction of sp³-hybridized carbons (Fsp3) is 0.981. The first-order valence-corrected chi connectivity index (χ1v) is 28.9. The molecule has 1 fully saturated rings. The molecule has 1 aliphatic heterocycles. The van der Waals surface area contributed by atoms with Crippen molar-refractivity contribution in [1.82, 2.24) is 5.32 Å². The molecule has 394 valence electrons. The van der Waals surface area contributed by atoms with Crippen LogP contribution in [0.4, 0.5) is 0 Å². The Morgan fingerprint density at radius 2 is 0.879 bits per heavy atom. The van der Waals surface area contributed by atoms with Crippen molar-refractivity contribution in [1.29, 1.82) is 0 Å². The summed E-state index contributed by atoms with van der Waals surface area (Å²) in [5.41, 5.74) is 0. The summed E-state index contributed by atoms with van der Waals surface area (Å²) in [6, 6.07) is -1.03. The van der Waals surface area contributed by atoms with Crippen LogP contribution in [0.2, 0.25) is 0 Å². The van der Waals surface area contributed by atoms with Gasteiger partial charge in [-0.2, -0.15) is 8.42 Å². The highest BCUT2D eigenvalue weighted by Gasteiger charge is 2.48. The summed E-state index contributed by atoms with van der Waals surface area (Å²) in [4.78, 5) is 13.2. The molecule has 0 aliphatic carbocycles. The van der Waals surface area contributed by atoms with E-state index in [2.05, 4.69) is 23.3 Å². The number of hydrogen-bond acceptors (Lipinski definition) is 11. The largest absolute Gasteiger partial charge is 0.397 e. The molecular formula is C52H103NO12S. The van der Waals surface area contributed by atoms with Crippen molar-refractivity contribution in [3.63, 3.8) is 0 Å². The van der Waals surface area contributed by atoms with Crippen molar-refractivity contribution in [3.05, 3.63) is 0 Å². The average Bonchev–Trinajstić information content (AvgIpc) is 3.29. The molecule has 66 heavy (non-hydrogen) atoms. The summed E-state index contributed by atoms with van der Waals surface area (Å²) in [5, 5.41) is 55.6. The highest BCUT2D eigenvalue weighted by Crippen LogP contribution is 2.26. The zero-order chi connectivity index (χ0) is 48.5. The molecule has 8 atom stereocenters. The number of amides is 1. The molecule has 13 nitrogen and oxygen atoms in total. The molecule has 14 heteroatoms. The number of aliphatic hydroxyl groups is 5. The van der Waals surface area contributed by atoms with Crippen LogP contribution in [0, 0.1) is 0 Å². The van der Waals surface area contributed by atoms with Crippen molar-refractivity contribution in [2.75, 3.05) is 13.2 Å². The predicted octanol–water partition coefficient (Wildman–Crippen LogP) is 11.1. The van der Waals surface area contributed by atoms with Crippen LogP contribution >= 0.6 is 0 Å². The van der Waals surface area contributed by atoms with Crippen molar-refractivity contribution in [2.24, 2.45) is 0 Å². The smallest absolute Gasteiger partial charge is 0.394 e. The fourth-order valence-corrected chi connectivity index (χ4v) is 9.68. The van der Waals surface area contributed by atoms with Crippen LogP contribution < -0.4 is 5.32 Å². The summed E-state index contributed by atoms with van der Waals surface area (Å²) < 4.78 is 47.8. The average molecular weight is 966 g/mol. The van der Waals surface area contributed by atoms with Gasteiger partial charge in [0.2, 0.25) is 5.91 Å². The van der Waals surface area contributed by atoms with E-state index in [0.717, 1.165) is 38.5 Å². The molecule has 1 rings (SSSR count). The molecule has 0 spiro atoms. The predicted molar refractivity (Wildman–Crippen MR) is 265 cm³/mol. The first-order valence-electron chi connectivity index (χ1n) is 27.5. The van der Waals surface area contributed by atoms with Crippen LogP contribution in [0.15, 0.2) is 0 Å². The van der Waals surface area contributed by atoms with E-state index < -0.39 is 78.5 Å². The molecule has 0 bridgehead atoms. The Kier molecular flexibility index (Phi) is 41.0. The third kappa shape index (κ3) is 34.4. The minimum absolute atomic E-state index is 0.267. The monoisotopic (exact) mass is 966 g/mol. The first kappa shape index (κ1) is 63.1. The molecular weight excluding hydrogens is 863 g/mol. The van der Waals surface area contributed by atoms with Gasteiger partial charge in [0.05, 0.1) is 25.4 Å². The number of unbranched alkanes of at least 4 members (excludes halogenated alkanes) is 35. The quantitative estimate of drug-likeness (QED) is 0.0224. The standard InChI is InChI=1S/C52H103NO12S/c1-3-5-7-9-11-13-15-17-19-21-23-25-27-29-31-33-35-37-39-41-46(56)51(59)53-44(43-63-52-49(58)50(65-66(60,61)62)48(57)47(42-54)64-52)45(55)40-38-36-34-32-30-28-26-24-22-20-18-16-14-12-10-8-6-4-2/h44-50,52,54-58H,3-43H2,1-2H3,(H,53,59)(H,60,61,62). The molecule has 1 amide bonds. The van der Waals surface area contributed by atoms with Gasteiger partial charge in [-0.05, 0) is 12.8 Å². The molecule has 1 heterocycles. The van der Waals surface area contributed by atoms with Gasteiger partial charge < -0.3 is 40.3 Å². The van der Waals surface area contributed by atoms with Crippen LogP contribution in [-0.4, -0.2) is 107 Å². The van der Waals surface area contributed by atoms with Crippen LogP contribution in [0.1, 0.15) is 264 Å². The summed E-state index contributed by atoms with van der Waals surface area (Å²) in [7, 11) is -5.11. The second kappa shape index (κ2) is 42.9. The zero-order valence-electron chi connectivity index (χ0n) is 42.2. The number of carbonyl (C=O) groups excluding carboxylic acids is 1. The fourth-order valence-electron chi connectivity index (χ4n) is 9.17. The Labute approximate surface area is 403 Å². The van der Waals surface area contributed by atoms with Crippen molar-refractivity contribution in [2.45, 2.75) is 313 Å². The normalized spacial score (nSPS) is 20.4. The van der Waals surface area contributed by atoms with Crippen LogP contribution in [0.5, 0.6) is 0 Å². The van der Waals surface area contributed by atoms with Gasteiger partial charge in [0.1, 0.15) is 30.5 Å². The van der Waals surface area contributed by atoms with Crippen molar-refractivity contribution in [3.8, 4) is 0 Å². The van der Waals surface area contributed by atoms with Crippen LogP contribution in [0.3, 0.4) is 0 Å². The highest BCUT2D eigenvalue weighted by atomic mass is 32.3. The van der Waals surface area contributed by atoms with E-state index in [4.69, 9.17) is 9.47 Å². The lowest BCUT2D eigenvalue weighted by atomic mass is 9.99. The van der Waals surface area contributed by atoms with Gasteiger partial charge >= 0.3 is 10.4 Å². The number of rotatable bonds is 48. The molecule has 1 saturated heterocycles. The summed E-state index contributed by atoms with van der Waals surface area (Å²) in [6.45, 7) is 3.33.